The molecule has 0 fully saturated rings. The van der Waals surface area contributed by atoms with E-state index < -0.39 is 0 Å². The van der Waals surface area contributed by atoms with Gasteiger partial charge in [0.25, 0.3) is 0 Å². The Labute approximate surface area is 128 Å². The van der Waals surface area contributed by atoms with E-state index in [1.807, 2.05) is 32.0 Å². The van der Waals surface area contributed by atoms with Gasteiger partial charge in [0.2, 0.25) is 5.91 Å². The Morgan fingerprint density at radius 1 is 1.14 bits per heavy atom. The second-order valence-corrected chi connectivity index (χ2v) is 5.97. The lowest BCUT2D eigenvalue weighted by atomic mass is 10.1. The number of thioether (sulfide) groups is 1. The van der Waals surface area contributed by atoms with Crippen LogP contribution in [-0.2, 0) is 10.5 Å². The number of hydrogen-bond acceptors (Lipinski definition) is 2. The highest BCUT2D eigenvalue weighted by atomic mass is 32.2. The molecule has 110 valence electrons. The molecule has 0 aliphatic carbocycles. The van der Waals surface area contributed by atoms with Crippen molar-refractivity contribution in [2.45, 2.75) is 19.6 Å². The maximum Gasteiger partial charge on any atom is 0.234 e. The van der Waals surface area contributed by atoms with Gasteiger partial charge in [-0.15, -0.1) is 11.8 Å². The Balaban J connectivity index is 1.81. The molecule has 0 aliphatic rings. The van der Waals surface area contributed by atoms with E-state index >= 15 is 0 Å². The van der Waals surface area contributed by atoms with E-state index in [4.69, 9.17) is 0 Å². The molecule has 0 aliphatic heterocycles. The van der Waals surface area contributed by atoms with Crippen LogP contribution in [0.5, 0.6) is 0 Å². The Bertz CT molecular complexity index is 625. The summed E-state index contributed by atoms with van der Waals surface area (Å²) in [5.41, 5.74) is 4.11. The lowest BCUT2D eigenvalue weighted by Gasteiger charge is -2.09. The van der Waals surface area contributed by atoms with Crippen molar-refractivity contribution in [3.8, 4) is 0 Å². The predicted octanol–water partition coefficient (Wildman–Crippen LogP) is 4.31. The number of carbonyl (C=O) groups is 1. The third kappa shape index (κ3) is 4.90. The molecule has 0 heterocycles. The molecule has 0 saturated carbocycles. The van der Waals surface area contributed by atoms with Gasteiger partial charge in [-0.25, -0.2) is 4.39 Å². The summed E-state index contributed by atoms with van der Waals surface area (Å²) in [5.74, 6) is 0.816. The summed E-state index contributed by atoms with van der Waals surface area (Å²) in [6.07, 6.45) is 0. The topological polar surface area (TPSA) is 29.1 Å². The summed E-state index contributed by atoms with van der Waals surface area (Å²) >= 11 is 1.51. The Kier molecular flexibility index (Phi) is 5.39. The molecular weight excluding hydrogens is 285 g/mol. The van der Waals surface area contributed by atoms with Gasteiger partial charge in [-0.2, -0.15) is 0 Å². The number of hydrogen-bond donors (Lipinski definition) is 1. The maximum atomic E-state index is 12.8. The highest BCUT2D eigenvalue weighted by molar-refractivity contribution is 7.99. The lowest BCUT2D eigenvalue weighted by molar-refractivity contribution is -0.113. The van der Waals surface area contributed by atoms with E-state index in [1.165, 1.54) is 29.5 Å². The highest BCUT2D eigenvalue weighted by Gasteiger charge is 2.05. The monoisotopic (exact) mass is 303 g/mol. The standard InChI is InChI=1S/C17H18FNOS/c1-12-3-8-16(13(2)9-12)19-17(20)11-21-10-14-4-6-15(18)7-5-14/h3-9H,10-11H2,1-2H3,(H,19,20). The number of halogens is 1. The SMILES string of the molecule is Cc1ccc(NC(=O)CSCc2ccc(F)cc2)c(C)c1. The van der Waals surface area contributed by atoms with Crippen molar-refractivity contribution in [1.29, 1.82) is 0 Å². The minimum absolute atomic E-state index is 0.0194. The van der Waals surface area contributed by atoms with E-state index in [9.17, 15) is 9.18 Å². The average Bonchev–Trinajstić information content (AvgIpc) is 2.44. The molecule has 2 aromatic rings. The van der Waals surface area contributed by atoms with Crippen molar-refractivity contribution in [1.82, 2.24) is 0 Å². The average molecular weight is 303 g/mol. The van der Waals surface area contributed by atoms with E-state index in [0.717, 1.165) is 16.8 Å². The van der Waals surface area contributed by atoms with Crippen LogP contribution in [-0.4, -0.2) is 11.7 Å². The summed E-state index contributed by atoms with van der Waals surface area (Å²) in [5, 5.41) is 2.91. The summed E-state index contributed by atoms with van der Waals surface area (Å²) in [4.78, 5) is 11.9. The van der Waals surface area contributed by atoms with Gasteiger partial charge in [-0.3, -0.25) is 4.79 Å². The van der Waals surface area contributed by atoms with Crippen LogP contribution in [0, 0.1) is 19.7 Å². The van der Waals surface area contributed by atoms with Gasteiger partial charge >= 0.3 is 0 Å². The highest BCUT2D eigenvalue weighted by Crippen LogP contribution is 2.17. The molecule has 4 heteroatoms. The number of benzene rings is 2. The van der Waals surface area contributed by atoms with Crippen molar-refractivity contribution >= 4 is 23.4 Å². The zero-order valence-corrected chi connectivity index (χ0v) is 13.0. The van der Waals surface area contributed by atoms with Crippen molar-refractivity contribution in [3.63, 3.8) is 0 Å². The van der Waals surface area contributed by atoms with Crippen LogP contribution < -0.4 is 5.32 Å². The van der Waals surface area contributed by atoms with Gasteiger partial charge in [0.15, 0.2) is 0 Å². The van der Waals surface area contributed by atoms with Crippen molar-refractivity contribution in [3.05, 3.63) is 65.0 Å². The molecule has 2 aromatic carbocycles. The third-order valence-electron chi connectivity index (χ3n) is 3.07. The number of anilines is 1. The summed E-state index contributed by atoms with van der Waals surface area (Å²) in [6.45, 7) is 4.01. The number of amides is 1. The van der Waals surface area contributed by atoms with Crippen molar-refractivity contribution in [2.75, 3.05) is 11.1 Å². The Morgan fingerprint density at radius 3 is 2.52 bits per heavy atom. The fourth-order valence-corrected chi connectivity index (χ4v) is 2.77. The number of nitrogens with one attached hydrogen (secondary N) is 1. The first-order valence-corrected chi connectivity index (χ1v) is 7.89. The van der Waals surface area contributed by atoms with E-state index in [1.54, 1.807) is 12.1 Å². The summed E-state index contributed by atoms with van der Waals surface area (Å²) < 4.78 is 12.8. The fraction of sp³-hybridized carbons (Fsp3) is 0.235. The molecule has 2 nitrogen and oxygen atoms in total. The van der Waals surface area contributed by atoms with Gasteiger partial charge in [-0.05, 0) is 43.2 Å². The summed E-state index contributed by atoms with van der Waals surface area (Å²) in [7, 11) is 0. The maximum absolute atomic E-state index is 12.8. The quantitative estimate of drug-likeness (QED) is 0.891. The normalized spacial score (nSPS) is 10.4. The molecule has 1 amide bonds. The molecule has 0 spiro atoms. The minimum atomic E-state index is -0.240. The first kappa shape index (κ1) is 15.6. The van der Waals surface area contributed by atoms with Gasteiger partial charge in [0.05, 0.1) is 5.75 Å². The van der Waals surface area contributed by atoms with Crippen LogP contribution in [0.3, 0.4) is 0 Å². The van der Waals surface area contributed by atoms with Gasteiger partial charge in [0, 0.05) is 11.4 Å². The molecule has 0 radical (unpaired) electrons. The molecule has 0 aromatic heterocycles. The molecular formula is C17H18FNOS. The largest absolute Gasteiger partial charge is 0.325 e. The smallest absolute Gasteiger partial charge is 0.234 e. The van der Waals surface area contributed by atoms with Crippen LogP contribution >= 0.6 is 11.8 Å². The van der Waals surface area contributed by atoms with Crippen LogP contribution in [0.1, 0.15) is 16.7 Å². The third-order valence-corrected chi connectivity index (χ3v) is 4.07. The molecule has 0 bridgehead atoms. The number of carbonyl (C=O) groups excluding carboxylic acids is 1. The molecule has 0 atom stereocenters. The van der Waals surface area contributed by atoms with E-state index in [-0.39, 0.29) is 11.7 Å². The predicted molar refractivity (Wildman–Crippen MR) is 87.1 cm³/mol. The fourth-order valence-electron chi connectivity index (χ4n) is 1.98. The van der Waals surface area contributed by atoms with Gasteiger partial charge < -0.3 is 5.32 Å². The zero-order chi connectivity index (χ0) is 15.2. The molecule has 1 N–H and O–H groups in total. The molecule has 0 saturated heterocycles. The Morgan fingerprint density at radius 2 is 1.86 bits per heavy atom. The van der Waals surface area contributed by atoms with Crippen LogP contribution in [0.15, 0.2) is 42.5 Å². The van der Waals surface area contributed by atoms with E-state index in [2.05, 4.69) is 5.32 Å². The van der Waals surface area contributed by atoms with Crippen LogP contribution in [0.4, 0.5) is 10.1 Å². The first-order chi connectivity index (χ1) is 10.0. The minimum Gasteiger partial charge on any atom is -0.325 e. The van der Waals surface area contributed by atoms with Gasteiger partial charge in [0.1, 0.15) is 5.82 Å². The molecule has 21 heavy (non-hydrogen) atoms. The second kappa shape index (κ2) is 7.27. The summed E-state index contributed by atoms with van der Waals surface area (Å²) in [6, 6.07) is 12.3. The van der Waals surface area contributed by atoms with Crippen molar-refractivity contribution < 1.29 is 9.18 Å². The van der Waals surface area contributed by atoms with Gasteiger partial charge in [-0.1, -0.05) is 29.8 Å². The number of aryl methyl sites for hydroxylation is 2. The molecule has 2 rings (SSSR count). The van der Waals surface area contributed by atoms with E-state index in [0.29, 0.717) is 11.5 Å². The second-order valence-electron chi connectivity index (χ2n) is 4.99. The number of rotatable bonds is 5. The van der Waals surface area contributed by atoms with Crippen LogP contribution in [0.25, 0.3) is 0 Å². The first-order valence-electron chi connectivity index (χ1n) is 6.74. The van der Waals surface area contributed by atoms with Crippen molar-refractivity contribution in [2.24, 2.45) is 0 Å². The molecule has 0 unspecified atom stereocenters. The lowest BCUT2D eigenvalue weighted by Crippen LogP contribution is -2.15. The van der Waals surface area contributed by atoms with Crippen LogP contribution in [0.2, 0.25) is 0 Å². The zero-order valence-electron chi connectivity index (χ0n) is 12.2. The Hall–Kier alpha value is -1.81.